The summed E-state index contributed by atoms with van der Waals surface area (Å²) in [7, 11) is 1.76. The second-order valence-electron chi connectivity index (χ2n) is 4.26. The van der Waals surface area contributed by atoms with Crippen LogP contribution in [0.15, 0.2) is 41.5 Å². The summed E-state index contributed by atoms with van der Waals surface area (Å²) in [5, 5.41) is 14.8. The number of fused-ring (bicyclic) bond motifs is 1. The fourth-order valence-electron chi connectivity index (χ4n) is 1.84. The molecule has 6 nitrogen and oxygen atoms in total. The average Bonchev–Trinajstić information content (AvgIpc) is 2.90. The molecule has 0 aromatic carbocycles. The van der Waals surface area contributed by atoms with Crippen LogP contribution in [0, 0.1) is 0 Å². The Bertz CT molecular complexity index is 598. The van der Waals surface area contributed by atoms with Crippen molar-refractivity contribution in [2.45, 2.75) is 19.9 Å². The Labute approximate surface area is 118 Å². The molecule has 106 valence electrons. The molecular weight excluding hydrogens is 252 g/mol. The van der Waals surface area contributed by atoms with E-state index >= 15 is 0 Å². The summed E-state index contributed by atoms with van der Waals surface area (Å²) in [4.78, 5) is 4.18. The first kappa shape index (κ1) is 14.0. The van der Waals surface area contributed by atoms with Crippen molar-refractivity contribution >= 4 is 11.6 Å². The lowest BCUT2D eigenvalue weighted by atomic mass is 10.4. The SMILES string of the molecule is CC=CCCNC(=NC)NCc1nnc2ccccn12. The average molecular weight is 272 g/mol. The predicted molar refractivity (Wildman–Crippen MR) is 80.6 cm³/mol. The van der Waals surface area contributed by atoms with Gasteiger partial charge in [-0.1, -0.05) is 18.2 Å². The highest BCUT2D eigenvalue weighted by atomic mass is 15.3. The van der Waals surface area contributed by atoms with Crippen LogP contribution in [-0.4, -0.2) is 34.2 Å². The fourth-order valence-corrected chi connectivity index (χ4v) is 1.84. The normalized spacial score (nSPS) is 12.2. The Morgan fingerprint density at radius 3 is 3.05 bits per heavy atom. The molecule has 0 aliphatic rings. The highest BCUT2D eigenvalue weighted by Crippen LogP contribution is 2.01. The quantitative estimate of drug-likeness (QED) is 0.373. The number of hydrogen-bond donors (Lipinski definition) is 2. The summed E-state index contributed by atoms with van der Waals surface area (Å²) in [6.07, 6.45) is 7.09. The third-order valence-electron chi connectivity index (χ3n) is 2.86. The van der Waals surface area contributed by atoms with Crippen LogP contribution in [-0.2, 0) is 6.54 Å². The van der Waals surface area contributed by atoms with E-state index < -0.39 is 0 Å². The lowest BCUT2D eigenvalue weighted by molar-refractivity contribution is 0.761. The van der Waals surface area contributed by atoms with Crippen LogP contribution in [0.3, 0.4) is 0 Å². The monoisotopic (exact) mass is 272 g/mol. The van der Waals surface area contributed by atoms with Crippen molar-refractivity contribution in [1.29, 1.82) is 0 Å². The van der Waals surface area contributed by atoms with E-state index in [1.54, 1.807) is 7.05 Å². The summed E-state index contributed by atoms with van der Waals surface area (Å²) in [6.45, 7) is 3.45. The molecule has 0 aliphatic carbocycles. The maximum atomic E-state index is 4.18. The van der Waals surface area contributed by atoms with Gasteiger partial charge < -0.3 is 10.6 Å². The number of nitrogens with one attached hydrogen (secondary N) is 2. The van der Waals surface area contributed by atoms with E-state index in [2.05, 4.69) is 31.9 Å². The standard InChI is InChI=1S/C14H20N6/c1-3-4-6-9-16-14(15-2)17-11-13-19-18-12-8-5-7-10-20(12)13/h3-5,7-8,10H,6,9,11H2,1-2H3,(H2,15,16,17). The first-order valence-electron chi connectivity index (χ1n) is 6.69. The molecule has 0 aliphatic heterocycles. The molecule has 0 fully saturated rings. The molecular formula is C14H20N6. The van der Waals surface area contributed by atoms with E-state index in [0.717, 1.165) is 30.4 Å². The molecule has 2 aromatic heterocycles. The van der Waals surface area contributed by atoms with E-state index in [4.69, 9.17) is 0 Å². The van der Waals surface area contributed by atoms with Crippen LogP contribution >= 0.6 is 0 Å². The van der Waals surface area contributed by atoms with Gasteiger partial charge in [-0.05, 0) is 25.5 Å². The van der Waals surface area contributed by atoms with Crippen molar-refractivity contribution in [3.05, 3.63) is 42.4 Å². The van der Waals surface area contributed by atoms with Gasteiger partial charge in [-0.15, -0.1) is 10.2 Å². The molecule has 2 aromatic rings. The molecule has 0 spiro atoms. The van der Waals surface area contributed by atoms with Crippen molar-refractivity contribution in [3.8, 4) is 0 Å². The Morgan fingerprint density at radius 1 is 1.35 bits per heavy atom. The Morgan fingerprint density at radius 2 is 2.25 bits per heavy atom. The lowest BCUT2D eigenvalue weighted by Gasteiger charge is -2.10. The van der Waals surface area contributed by atoms with Crippen LogP contribution in [0.2, 0.25) is 0 Å². The number of aromatic nitrogens is 3. The molecule has 6 heteroatoms. The van der Waals surface area contributed by atoms with E-state index in [-0.39, 0.29) is 0 Å². The van der Waals surface area contributed by atoms with Crippen molar-refractivity contribution in [2.24, 2.45) is 4.99 Å². The van der Waals surface area contributed by atoms with E-state index in [1.165, 1.54) is 0 Å². The number of hydrogen-bond acceptors (Lipinski definition) is 3. The van der Waals surface area contributed by atoms with E-state index in [0.29, 0.717) is 6.54 Å². The number of pyridine rings is 1. The number of rotatable bonds is 5. The molecule has 0 saturated heterocycles. The van der Waals surface area contributed by atoms with Gasteiger partial charge in [-0.25, -0.2) is 0 Å². The van der Waals surface area contributed by atoms with Crippen LogP contribution in [0.1, 0.15) is 19.2 Å². The van der Waals surface area contributed by atoms with Gasteiger partial charge in [0.2, 0.25) is 0 Å². The maximum absolute atomic E-state index is 4.18. The molecule has 0 unspecified atom stereocenters. The highest BCUT2D eigenvalue weighted by molar-refractivity contribution is 5.79. The van der Waals surface area contributed by atoms with Crippen molar-refractivity contribution < 1.29 is 0 Å². The third kappa shape index (κ3) is 3.57. The summed E-state index contributed by atoms with van der Waals surface area (Å²) >= 11 is 0. The zero-order valence-electron chi connectivity index (χ0n) is 11.9. The fraction of sp³-hybridized carbons (Fsp3) is 0.357. The van der Waals surface area contributed by atoms with Crippen LogP contribution in [0.4, 0.5) is 0 Å². The van der Waals surface area contributed by atoms with E-state index in [9.17, 15) is 0 Å². The minimum absolute atomic E-state index is 0.578. The summed E-state index contributed by atoms with van der Waals surface area (Å²) < 4.78 is 1.96. The second kappa shape index (κ2) is 7.28. The van der Waals surface area contributed by atoms with Gasteiger partial charge in [0, 0.05) is 19.8 Å². The van der Waals surface area contributed by atoms with Crippen molar-refractivity contribution in [1.82, 2.24) is 25.2 Å². The molecule has 2 N–H and O–H groups in total. The minimum Gasteiger partial charge on any atom is -0.356 e. The molecule has 0 radical (unpaired) electrons. The topological polar surface area (TPSA) is 66.6 Å². The lowest BCUT2D eigenvalue weighted by Crippen LogP contribution is -2.37. The maximum Gasteiger partial charge on any atom is 0.191 e. The summed E-state index contributed by atoms with van der Waals surface area (Å²) in [5.74, 6) is 1.62. The largest absolute Gasteiger partial charge is 0.356 e. The Balaban J connectivity index is 1.90. The van der Waals surface area contributed by atoms with Gasteiger partial charge >= 0.3 is 0 Å². The zero-order chi connectivity index (χ0) is 14.2. The first-order valence-corrected chi connectivity index (χ1v) is 6.69. The Hall–Kier alpha value is -2.37. The second-order valence-corrected chi connectivity index (χ2v) is 4.26. The van der Waals surface area contributed by atoms with Crippen LogP contribution in [0.25, 0.3) is 5.65 Å². The molecule has 0 amide bonds. The van der Waals surface area contributed by atoms with Crippen LogP contribution < -0.4 is 10.6 Å². The number of nitrogens with zero attached hydrogens (tertiary/aromatic N) is 4. The number of allylic oxidation sites excluding steroid dienone is 1. The third-order valence-corrected chi connectivity index (χ3v) is 2.86. The van der Waals surface area contributed by atoms with Gasteiger partial charge in [0.1, 0.15) is 0 Å². The van der Waals surface area contributed by atoms with Crippen LogP contribution in [0.5, 0.6) is 0 Å². The molecule has 2 rings (SSSR count). The Kier molecular flexibility index (Phi) is 5.11. The smallest absolute Gasteiger partial charge is 0.191 e. The van der Waals surface area contributed by atoms with E-state index in [1.807, 2.05) is 41.8 Å². The highest BCUT2D eigenvalue weighted by Gasteiger charge is 2.04. The number of guanidine groups is 1. The van der Waals surface area contributed by atoms with Gasteiger partial charge in [-0.3, -0.25) is 9.39 Å². The van der Waals surface area contributed by atoms with Crippen molar-refractivity contribution in [2.75, 3.05) is 13.6 Å². The van der Waals surface area contributed by atoms with Gasteiger partial charge in [0.05, 0.1) is 6.54 Å². The first-order chi connectivity index (χ1) is 9.85. The van der Waals surface area contributed by atoms with Gasteiger partial charge in [0.25, 0.3) is 0 Å². The minimum atomic E-state index is 0.578. The molecule has 20 heavy (non-hydrogen) atoms. The zero-order valence-corrected chi connectivity index (χ0v) is 11.9. The predicted octanol–water partition coefficient (Wildman–Crippen LogP) is 1.36. The molecule has 0 saturated carbocycles. The number of aliphatic imine (C=N–C) groups is 1. The van der Waals surface area contributed by atoms with Gasteiger partial charge in [0.15, 0.2) is 17.4 Å². The van der Waals surface area contributed by atoms with Crippen molar-refractivity contribution in [3.63, 3.8) is 0 Å². The van der Waals surface area contributed by atoms with Gasteiger partial charge in [-0.2, -0.15) is 0 Å². The summed E-state index contributed by atoms with van der Waals surface area (Å²) in [5.41, 5.74) is 0.848. The summed E-state index contributed by atoms with van der Waals surface area (Å²) in [6, 6.07) is 5.84. The molecule has 0 bridgehead atoms. The molecule has 0 atom stereocenters. The molecule has 2 heterocycles.